The largest absolute Gasteiger partial charge is 0.399 e. The molecule has 4 nitrogen and oxygen atoms in total. The van der Waals surface area contributed by atoms with E-state index < -0.39 is 0 Å². The Labute approximate surface area is 134 Å². The molecule has 2 rings (SSSR count). The number of nitrogen functional groups attached to an aromatic ring is 1. The van der Waals surface area contributed by atoms with E-state index >= 15 is 0 Å². The average molecular weight is 303 g/mol. The summed E-state index contributed by atoms with van der Waals surface area (Å²) in [6, 6.07) is 7.51. The fourth-order valence-corrected chi connectivity index (χ4v) is 3.50. The molecule has 1 saturated carbocycles. The fourth-order valence-electron chi connectivity index (χ4n) is 3.50. The van der Waals surface area contributed by atoms with Crippen LogP contribution in [-0.2, 0) is 11.2 Å². The van der Waals surface area contributed by atoms with Crippen molar-refractivity contribution >= 4 is 11.6 Å². The maximum absolute atomic E-state index is 12.2. The Hall–Kier alpha value is -1.55. The SMILES string of the molecule is CC1CCCC(CNC(=O)Cc2ccc(N)cc2)(N(C)C)C1. The number of hydrogen-bond donors (Lipinski definition) is 2. The standard InChI is InChI=1S/C18H29N3O/c1-14-5-4-10-18(12-14,21(2)3)13-20-17(22)11-15-6-8-16(19)9-7-15/h6-9,14H,4-5,10-13,19H2,1-3H3,(H,20,22). The van der Waals surface area contributed by atoms with Gasteiger partial charge in [0.25, 0.3) is 0 Å². The van der Waals surface area contributed by atoms with Crippen LogP contribution in [0.4, 0.5) is 5.69 Å². The minimum absolute atomic E-state index is 0.0872. The van der Waals surface area contributed by atoms with Crippen molar-refractivity contribution < 1.29 is 4.79 Å². The number of hydrogen-bond acceptors (Lipinski definition) is 3. The third kappa shape index (κ3) is 4.23. The molecule has 122 valence electrons. The van der Waals surface area contributed by atoms with Gasteiger partial charge in [-0.05, 0) is 50.6 Å². The minimum Gasteiger partial charge on any atom is -0.399 e. The number of carbonyl (C=O) groups excluding carboxylic acids is 1. The summed E-state index contributed by atoms with van der Waals surface area (Å²) >= 11 is 0. The first-order chi connectivity index (χ1) is 10.4. The Morgan fingerprint density at radius 2 is 2.05 bits per heavy atom. The predicted octanol–water partition coefficient (Wildman–Crippen LogP) is 2.44. The van der Waals surface area contributed by atoms with Crippen LogP contribution in [0.15, 0.2) is 24.3 Å². The van der Waals surface area contributed by atoms with Crippen molar-refractivity contribution in [1.29, 1.82) is 0 Å². The molecule has 0 spiro atoms. The van der Waals surface area contributed by atoms with Gasteiger partial charge >= 0.3 is 0 Å². The first kappa shape index (κ1) is 16.8. The Morgan fingerprint density at radius 3 is 2.64 bits per heavy atom. The molecule has 2 atom stereocenters. The van der Waals surface area contributed by atoms with E-state index in [2.05, 4.69) is 31.2 Å². The van der Waals surface area contributed by atoms with E-state index in [1.165, 1.54) is 12.8 Å². The zero-order valence-corrected chi connectivity index (χ0v) is 14.1. The molecule has 1 aromatic rings. The number of likely N-dealkylation sites (N-methyl/N-ethyl adjacent to an activating group) is 1. The minimum atomic E-state index is 0.0872. The van der Waals surface area contributed by atoms with E-state index in [-0.39, 0.29) is 11.4 Å². The van der Waals surface area contributed by atoms with Crippen LogP contribution in [0.1, 0.15) is 38.2 Å². The molecule has 1 fully saturated rings. The van der Waals surface area contributed by atoms with Gasteiger partial charge in [-0.2, -0.15) is 0 Å². The number of nitrogens with one attached hydrogen (secondary N) is 1. The van der Waals surface area contributed by atoms with Crippen molar-refractivity contribution in [3.63, 3.8) is 0 Å². The second kappa shape index (κ2) is 7.14. The van der Waals surface area contributed by atoms with Gasteiger partial charge in [-0.3, -0.25) is 4.79 Å². The van der Waals surface area contributed by atoms with Gasteiger partial charge in [0, 0.05) is 17.8 Å². The molecular weight excluding hydrogens is 274 g/mol. The molecule has 0 heterocycles. The molecule has 3 N–H and O–H groups in total. The smallest absolute Gasteiger partial charge is 0.224 e. The highest BCUT2D eigenvalue weighted by atomic mass is 16.1. The molecule has 0 saturated heterocycles. The van der Waals surface area contributed by atoms with Crippen LogP contribution in [0.3, 0.4) is 0 Å². The van der Waals surface area contributed by atoms with Gasteiger partial charge in [-0.25, -0.2) is 0 Å². The van der Waals surface area contributed by atoms with Gasteiger partial charge in [0.1, 0.15) is 0 Å². The Bertz CT molecular complexity index is 498. The van der Waals surface area contributed by atoms with Crippen molar-refractivity contribution in [3.05, 3.63) is 29.8 Å². The molecular formula is C18H29N3O. The highest BCUT2D eigenvalue weighted by Crippen LogP contribution is 2.35. The van der Waals surface area contributed by atoms with Crippen LogP contribution >= 0.6 is 0 Å². The highest BCUT2D eigenvalue weighted by Gasteiger charge is 2.37. The Morgan fingerprint density at radius 1 is 1.36 bits per heavy atom. The summed E-state index contributed by atoms with van der Waals surface area (Å²) in [5.74, 6) is 0.814. The third-order valence-corrected chi connectivity index (χ3v) is 4.98. The van der Waals surface area contributed by atoms with E-state index in [1.807, 2.05) is 24.3 Å². The van der Waals surface area contributed by atoms with Crippen LogP contribution in [0, 0.1) is 5.92 Å². The topological polar surface area (TPSA) is 58.4 Å². The summed E-state index contributed by atoms with van der Waals surface area (Å²) in [6.07, 6.45) is 5.27. The molecule has 1 aliphatic rings. The maximum Gasteiger partial charge on any atom is 0.224 e. The molecule has 0 radical (unpaired) electrons. The number of anilines is 1. The average Bonchev–Trinajstić information content (AvgIpc) is 2.47. The van der Waals surface area contributed by atoms with Gasteiger partial charge in [-0.15, -0.1) is 0 Å². The quantitative estimate of drug-likeness (QED) is 0.821. The van der Waals surface area contributed by atoms with E-state index in [0.717, 1.165) is 36.6 Å². The third-order valence-electron chi connectivity index (χ3n) is 4.98. The van der Waals surface area contributed by atoms with Crippen molar-refractivity contribution in [1.82, 2.24) is 10.2 Å². The van der Waals surface area contributed by atoms with Crippen LogP contribution in [-0.4, -0.2) is 37.0 Å². The lowest BCUT2D eigenvalue weighted by Gasteiger charge is -2.45. The molecule has 4 heteroatoms. The van der Waals surface area contributed by atoms with Gasteiger partial charge in [0.05, 0.1) is 6.42 Å². The highest BCUT2D eigenvalue weighted by molar-refractivity contribution is 5.78. The second-order valence-electron chi connectivity index (χ2n) is 7.02. The molecule has 1 aliphatic carbocycles. The normalized spacial score (nSPS) is 25.2. The number of nitrogens with two attached hydrogens (primary N) is 1. The molecule has 0 bridgehead atoms. The van der Waals surface area contributed by atoms with E-state index in [0.29, 0.717) is 6.42 Å². The maximum atomic E-state index is 12.2. The predicted molar refractivity (Wildman–Crippen MR) is 91.6 cm³/mol. The summed E-state index contributed by atoms with van der Waals surface area (Å²) in [5, 5.41) is 3.15. The Kier molecular flexibility index (Phi) is 5.46. The monoisotopic (exact) mass is 303 g/mol. The molecule has 22 heavy (non-hydrogen) atoms. The summed E-state index contributed by atoms with van der Waals surface area (Å²) in [5.41, 5.74) is 7.51. The molecule has 0 aliphatic heterocycles. The fraction of sp³-hybridized carbons (Fsp3) is 0.611. The van der Waals surface area contributed by atoms with Crippen molar-refractivity contribution in [3.8, 4) is 0 Å². The van der Waals surface area contributed by atoms with E-state index in [9.17, 15) is 4.79 Å². The van der Waals surface area contributed by atoms with E-state index in [1.54, 1.807) is 0 Å². The van der Waals surface area contributed by atoms with Gasteiger partial charge < -0.3 is 16.0 Å². The first-order valence-corrected chi connectivity index (χ1v) is 8.20. The number of amides is 1. The lowest BCUT2D eigenvalue weighted by atomic mass is 9.75. The van der Waals surface area contributed by atoms with Crippen molar-refractivity contribution in [2.75, 3.05) is 26.4 Å². The van der Waals surface area contributed by atoms with Gasteiger partial charge in [0.15, 0.2) is 0 Å². The number of carbonyl (C=O) groups is 1. The van der Waals surface area contributed by atoms with Crippen LogP contribution in [0.25, 0.3) is 0 Å². The lowest BCUT2D eigenvalue weighted by Crippen LogP contribution is -2.55. The molecule has 2 unspecified atom stereocenters. The van der Waals surface area contributed by atoms with Crippen LogP contribution < -0.4 is 11.1 Å². The lowest BCUT2D eigenvalue weighted by molar-refractivity contribution is -0.121. The number of rotatable bonds is 5. The molecule has 0 aromatic heterocycles. The molecule has 1 amide bonds. The Balaban J connectivity index is 1.91. The zero-order valence-electron chi connectivity index (χ0n) is 14.1. The summed E-state index contributed by atoms with van der Waals surface area (Å²) in [4.78, 5) is 14.5. The summed E-state index contributed by atoms with van der Waals surface area (Å²) in [6.45, 7) is 3.05. The number of benzene rings is 1. The first-order valence-electron chi connectivity index (χ1n) is 8.20. The molecule has 1 aromatic carbocycles. The summed E-state index contributed by atoms with van der Waals surface area (Å²) < 4.78 is 0. The van der Waals surface area contributed by atoms with E-state index in [4.69, 9.17) is 5.73 Å². The van der Waals surface area contributed by atoms with Crippen LogP contribution in [0.5, 0.6) is 0 Å². The second-order valence-corrected chi connectivity index (χ2v) is 7.02. The van der Waals surface area contributed by atoms with Crippen LogP contribution in [0.2, 0.25) is 0 Å². The zero-order chi connectivity index (χ0) is 16.2. The number of nitrogens with zero attached hydrogens (tertiary/aromatic N) is 1. The van der Waals surface area contributed by atoms with Gasteiger partial charge in [-0.1, -0.05) is 31.9 Å². The summed E-state index contributed by atoms with van der Waals surface area (Å²) in [7, 11) is 4.26. The van der Waals surface area contributed by atoms with Crippen molar-refractivity contribution in [2.45, 2.75) is 44.6 Å². The van der Waals surface area contributed by atoms with Crippen molar-refractivity contribution in [2.24, 2.45) is 5.92 Å². The van der Waals surface area contributed by atoms with Gasteiger partial charge in [0.2, 0.25) is 5.91 Å².